The van der Waals surface area contributed by atoms with Crippen LogP contribution in [0.4, 0.5) is 0 Å². The number of ether oxygens (including phenoxy) is 1. The molecule has 0 saturated carbocycles. The fraction of sp³-hybridized carbons (Fsp3) is 0.846. The Hall–Kier alpha value is -1.08. The molecule has 4 unspecified atom stereocenters. The van der Waals surface area contributed by atoms with Gasteiger partial charge in [0.2, 0.25) is 5.91 Å². The van der Waals surface area contributed by atoms with Gasteiger partial charge in [-0.3, -0.25) is 4.79 Å². The number of amides is 1. The van der Waals surface area contributed by atoms with E-state index >= 15 is 0 Å². The number of carbonyl (C=O) groups excluding carboxylic acids is 1. The summed E-state index contributed by atoms with van der Waals surface area (Å²) in [5.41, 5.74) is 0. The lowest BCUT2D eigenvalue weighted by atomic mass is 9.88. The maximum Gasteiger partial charge on any atom is 0.229 e. The minimum Gasteiger partial charge on any atom is -0.374 e. The van der Waals surface area contributed by atoms with Crippen molar-refractivity contribution in [1.29, 1.82) is 5.26 Å². The first-order valence-corrected chi connectivity index (χ1v) is 6.23. The molecule has 1 rings (SSSR count). The molecule has 4 nitrogen and oxygen atoms in total. The SMILES string of the molecule is CC1OC(C)C(C(=O)N(CC#N)C(C)C)C1C. The first kappa shape index (κ1) is 14.0. The Morgan fingerprint density at radius 3 is 2.29 bits per heavy atom. The normalized spacial score (nSPS) is 32.5. The third-order valence-electron chi connectivity index (χ3n) is 3.67. The Morgan fingerprint density at radius 2 is 1.94 bits per heavy atom. The highest BCUT2D eigenvalue weighted by molar-refractivity contribution is 5.80. The summed E-state index contributed by atoms with van der Waals surface area (Å²) in [5, 5.41) is 8.79. The van der Waals surface area contributed by atoms with Gasteiger partial charge in [-0.1, -0.05) is 6.92 Å². The minimum absolute atomic E-state index is 0.0471. The highest BCUT2D eigenvalue weighted by Crippen LogP contribution is 2.33. The molecule has 1 amide bonds. The molecule has 4 heteroatoms. The van der Waals surface area contributed by atoms with Gasteiger partial charge in [-0.15, -0.1) is 0 Å². The van der Waals surface area contributed by atoms with Gasteiger partial charge in [-0.05, 0) is 33.6 Å². The molecule has 0 bridgehead atoms. The molecule has 1 aliphatic rings. The summed E-state index contributed by atoms with van der Waals surface area (Å²) in [5.74, 6) is 0.129. The fourth-order valence-electron chi connectivity index (χ4n) is 2.47. The summed E-state index contributed by atoms with van der Waals surface area (Å²) in [6.45, 7) is 10.0. The van der Waals surface area contributed by atoms with E-state index in [1.165, 1.54) is 0 Å². The van der Waals surface area contributed by atoms with Gasteiger partial charge in [-0.25, -0.2) is 0 Å². The molecule has 96 valence electrons. The van der Waals surface area contributed by atoms with E-state index in [9.17, 15) is 4.79 Å². The number of nitriles is 1. The third-order valence-corrected chi connectivity index (χ3v) is 3.67. The summed E-state index contributed by atoms with van der Waals surface area (Å²) < 4.78 is 5.68. The van der Waals surface area contributed by atoms with Crippen molar-refractivity contribution in [2.45, 2.75) is 52.9 Å². The average Bonchev–Trinajstić information content (AvgIpc) is 2.48. The van der Waals surface area contributed by atoms with Crippen LogP contribution in [0.2, 0.25) is 0 Å². The second-order valence-corrected chi connectivity index (χ2v) is 5.15. The zero-order valence-corrected chi connectivity index (χ0v) is 11.3. The van der Waals surface area contributed by atoms with Crippen molar-refractivity contribution in [3.8, 4) is 6.07 Å². The van der Waals surface area contributed by atoms with Crippen LogP contribution in [-0.2, 0) is 9.53 Å². The van der Waals surface area contributed by atoms with Crippen molar-refractivity contribution in [3.05, 3.63) is 0 Å². The topological polar surface area (TPSA) is 53.3 Å². The Bertz CT molecular complexity index is 322. The Kier molecular flexibility index (Phi) is 4.53. The van der Waals surface area contributed by atoms with Crippen molar-refractivity contribution < 1.29 is 9.53 Å². The van der Waals surface area contributed by atoms with Crippen molar-refractivity contribution in [1.82, 2.24) is 4.90 Å². The van der Waals surface area contributed by atoms with Gasteiger partial charge in [0, 0.05) is 6.04 Å². The quantitative estimate of drug-likeness (QED) is 0.705. The molecule has 1 heterocycles. The van der Waals surface area contributed by atoms with Crippen molar-refractivity contribution in [3.63, 3.8) is 0 Å². The molecule has 1 aliphatic heterocycles. The second kappa shape index (κ2) is 5.50. The number of nitrogens with zero attached hydrogens (tertiary/aromatic N) is 2. The van der Waals surface area contributed by atoms with Crippen LogP contribution >= 0.6 is 0 Å². The molecule has 1 saturated heterocycles. The largest absolute Gasteiger partial charge is 0.374 e. The molecule has 4 atom stereocenters. The van der Waals surface area contributed by atoms with Crippen LogP contribution < -0.4 is 0 Å². The van der Waals surface area contributed by atoms with Crippen LogP contribution in [0.5, 0.6) is 0 Å². The molecule has 0 N–H and O–H groups in total. The molecular formula is C13H22N2O2. The predicted octanol–water partition coefficient (Wildman–Crippen LogP) is 1.81. The Morgan fingerprint density at radius 1 is 1.35 bits per heavy atom. The lowest BCUT2D eigenvalue weighted by molar-refractivity contribution is -0.138. The molecule has 0 aromatic carbocycles. The molecule has 0 aromatic rings. The zero-order chi connectivity index (χ0) is 13.2. The van der Waals surface area contributed by atoms with Crippen LogP contribution in [0, 0.1) is 23.2 Å². The fourth-order valence-corrected chi connectivity index (χ4v) is 2.47. The lowest BCUT2D eigenvalue weighted by Crippen LogP contribution is -2.44. The standard InChI is InChI=1S/C13H22N2O2/c1-8(2)15(7-6-14)13(16)12-9(3)10(4)17-11(12)5/h8-12H,7H2,1-5H3. The van der Waals surface area contributed by atoms with Crippen molar-refractivity contribution >= 4 is 5.91 Å². The van der Waals surface area contributed by atoms with Crippen molar-refractivity contribution in [2.24, 2.45) is 11.8 Å². The van der Waals surface area contributed by atoms with Gasteiger partial charge < -0.3 is 9.64 Å². The molecule has 17 heavy (non-hydrogen) atoms. The van der Waals surface area contributed by atoms with Crippen LogP contribution in [0.1, 0.15) is 34.6 Å². The summed E-state index contributed by atoms with van der Waals surface area (Å²) in [4.78, 5) is 14.1. The summed E-state index contributed by atoms with van der Waals surface area (Å²) >= 11 is 0. The van der Waals surface area contributed by atoms with Crippen molar-refractivity contribution in [2.75, 3.05) is 6.54 Å². The van der Waals surface area contributed by atoms with E-state index in [1.54, 1.807) is 4.90 Å². The number of hydrogen-bond donors (Lipinski definition) is 0. The van der Waals surface area contributed by atoms with E-state index in [4.69, 9.17) is 10.00 Å². The van der Waals surface area contributed by atoms with E-state index in [0.29, 0.717) is 0 Å². The predicted molar refractivity (Wildman–Crippen MR) is 65.1 cm³/mol. The Balaban J connectivity index is 2.84. The molecule has 0 aromatic heterocycles. The molecule has 0 spiro atoms. The van der Waals surface area contributed by atoms with Crippen LogP contribution in [0.15, 0.2) is 0 Å². The Labute approximate surface area is 104 Å². The van der Waals surface area contributed by atoms with Gasteiger partial charge in [0.05, 0.1) is 24.2 Å². The van der Waals surface area contributed by atoms with Gasteiger partial charge in [0.15, 0.2) is 0 Å². The number of rotatable bonds is 3. The third kappa shape index (κ3) is 2.78. The van der Waals surface area contributed by atoms with Crippen LogP contribution in [0.3, 0.4) is 0 Å². The van der Waals surface area contributed by atoms with Gasteiger partial charge >= 0.3 is 0 Å². The second-order valence-electron chi connectivity index (χ2n) is 5.15. The van der Waals surface area contributed by atoms with Gasteiger partial charge in [-0.2, -0.15) is 5.26 Å². The maximum atomic E-state index is 12.4. The number of carbonyl (C=O) groups is 1. The van der Waals surface area contributed by atoms with E-state index in [0.717, 1.165) is 0 Å². The van der Waals surface area contributed by atoms with Gasteiger partial charge in [0.25, 0.3) is 0 Å². The minimum atomic E-state index is -0.124. The molecule has 0 radical (unpaired) electrons. The first-order chi connectivity index (χ1) is 7.90. The van der Waals surface area contributed by atoms with E-state index < -0.39 is 0 Å². The van der Waals surface area contributed by atoms with E-state index in [1.807, 2.05) is 34.6 Å². The monoisotopic (exact) mass is 238 g/mol. The highest BCUT2D eigenvalue weighted by atomic mass is 16.5. The highest BCUT2D eigenvalue weighted by Gasteiger charge is 2.43. The lowest BCUT2D eigenvalue weighted by Gasteiger charge is -2.29. The zero-order valence-electron chi connectivity index (χ0n) is 11.3. The van der Waals surface area contributed by atoms with Gasteiger partial charge in [0.1, 0.15) is 6.54 Å². The molecular weight excluding hydrogens is 216 g/mol. The van der Waals surface area contributed by atoms with Crippen LogP contribution in [0.25, 0.3) is 0 Å². The molecule has 0 aliphatic carbocycles. The average molecular weight is 238 g/mol. The summed E-state index contributed by atoms with van der Waals surface area (Å²) in [7, 11) is 0. The van der Waals surface area contributed by atoms with Crippen LogP contribution in [-0.4, -0.2) is 35.6 Å². The first-order valence-electron chi connectivity index (χ1n) is 6.23. The smallest absolute Gasteiger partial charge is 0.229 e. The number of hydrogen-bond acceptors (Lipinski definition) is 3. The van der Waals surface area contributed by atoms with E-state index in [2.05, 4.69) is 6.07 Å². The maximum absolute atomic E-state index is 12.4. The molecule has 1 fully saturated rings. The summed E-state index contributed by atoms with van der Waals surface area (Å²) in [6, 6.07) is 2.11. The summed E-state index contributed by atoms with van der Waals surface area (Å²) in [6.07, 6.45) is 0.0440. The van der Waals surface area contributed by atoms with E-state index in [-0.39, 0.29) is 42.5 Å².